The van der Waals surface area contributed by atoms with Crippen LogP contribution in [0, 0.1) is 5.92 Å². The zero-order valence-electron chi connectivity index (χ0n) is 12.9. The van der Waals surface area contributed by atoms with Gasteiger partial charge in [0, 0.05) is 25.4 Å². The van der Waals surface area contributed by atoms with Crippen molar-refractivity contribution >= 4 is 5.82 Å². The lowest BCUT2D eigenvalue weighted by molar-refractivity contribution is 0.0574. The maximum Gasteiger partial charge on any atom is 0.159 e. The second-order valence-electron chi connectivity index (χ2n) is 5.18. The molecule has 19 heavy (non-hydrogen) atoms. The zero-order valence-corrected chi connectivity index (χ0v) is 12.9. The largest absolute Gasteiger partial charge is 0.373 e. The van der Waals surface area contributed by atoms with E-state index in [0.29, 0.717) is 5.92 Å². The lowest BCUT2D eigenvalue weighted by atomic mass is 10.1. The minimum absolute atomic E-state index is 0.0426. The topological polar surface area (TPSA) is 47.0 Å². The molecule has 0 saturated carbocycles. The van der Waals surface area contributed by atoms with Crippen molar-refractivity contribution in [3.8, 4) is 0 Å². The van der Waals surface area contributed by atoms with Crippen molar-refractivity contribution in [3.05, 3.63) is 17.6 Å². The van der Waals surface area contributed by atoms with Gasteiger partial charge in [0.2, 0.25) is 0 Å². The summed E-state index contributed by atoms with van der Waals surface area (Å²) in [5, 5.41) is 3.34. The fraction of sp³-hybridized carbons (Fsp3) is 0.733. The number of aryl methyl sites for hydroxylation is 1. The summed E-state index contributed by atoms with van der Waals surface area (Å²) in [7, 11) is 1.72. The summed E-state index contributed by atoms with van der Waals surface area (Å²) in [5.41, 5.74) is 1.09. The minimum atomic E-state index is -0.0426. The van der Waals surface area contributed by atoms with Crippen LogP contribution in [-0.2, 0) is 11.2 Å². The fourth-order valence-electron chi connectivity index (χ4n) is 2.05. The number of nitrogens with zero attached hydrogens (tertiary/aromatic N) is 2. The van der Waals surface area contributed by atoms with Crippen LogP contribution in [0.3, 0.4) is 0 Å². The summed E-state index contributed by atoms with van der Waals surface area (Å²) in [6.07, 6.45) is 3.10. The molecule has 1 N–H and O–H groups in total. The summed E-state index contributed by atoms with van der Waals surface area (Å²) in [6, 6.07) is 2.05. The van der Waals surface area contributed by atoms with Crippen LogP contribution in [-0.4, -0.2) is 23.6 Å². The lowest BCUT2D eigenvalue weighted by Crippen LogP contribution is -2.15. The molecule has 0 amide bonds. The van der Waals surface area contributed by atoms with E-state index in [-0.39, 0.29) is 6.10 Å². The van der Waals surface area contributed by atoms with Gasteiger partial charge in [-0.15, -0.1) is 0 Å². The summed E-state index contributed by atoms with van der Waals surface area (Å²) < 4.78 is 5.54. The SMILES string of the molecule is CCCNc1cc(CCC)nc(C(OC)C(C)C)n1. The van der Waals surface area contributed by atoms with E-state index in [1.165, 1.54) is 0 Å². The number of nitrogens with one attached hydrogen (secondary N) is 1. The Labute approximate surface area is 117 Å². The van der Waals surface area contributed by atoms with Gasteiger partial charge in [0.05, 0.1) is 0 Å². The highest BCUT2D eigenvalue weighted by Gasteiger charge is 2.19. The van der Waals surface area contributed by atoms with E-state index in [2.05, 4.69) is 49.0 Å². The van der Waals surface area contributed by atoms with Crippen LogP contribution in [0.5, 0.6) is 0 Å². The Hall–Kier alpha value is -1.16. The molecule has 1 rings (SSSR count). The molecule has 0 aliphatic rings. The zero-order chi connectivity index (χ0) is 14.3. The summed E-state index contributed by atoms with van der Waals surface area (Å²) in [4.78, 5) is 9.25. The maximum absolute atomic E-state index is 5.54. The number of hydrogen-bond donors (Lipinski definition) is 1. The number of ether oxygens (including phenoxy) is 1. The normalized spacial score (nSPS) is 12.7. The first-order chi connectivity index (χ1) is 9.12. The van der Waals surface area contributed by atoms with Gasteiger partial charge in [-0.3, -0.25) is 0 Å². The van der Waals surface area contributed by atoms with Gasteiger partial charge < -0.3 is 10.1 Å². The monoisotopic (exact) mass is 265 g/mol. The Balaban J connectivity index is 3.03. The molecule has 1 unspecified atom stereocenters. The van der Waals surface area contributed by atoms with Crippen molar-refractivity contribution in [3.63, 3.8) is 0 Å². The van der Waals surface area contributed by atoms with E-state index >= 15 is 0 Å². The first-order valence-electron chi connectivity index (χ1n) is 7.26. The highest BCUT2D eigenvalue weighted by atomic mass is 16.5. The van der Waals surface area contributed by atoms with Crippen LogP contribution >= 0.6 is 0 Å². The van der Waals surface area contributed by atoms with E-state index in [0.717, 1.165) is 43.1 Å². The Morgan fingerprint density at radius 1 is 1.21 bits per heavy atom. The molecule has 4 heteroatoms. The standard InChI is InChI=1S/C15H27N3O/c1-6-8-12-10-13(16-9-7-2)18-15(17-12)14(19-5)11(3)4/h10-11,14H,6-9H2,1-5H3,(H,16,17,18). The van der Waals surface area contributed by atoms with Gasteiger partial charge in [0.15, 0.2) is 5.82 Å². The molecule has 0 fully saturated rings. The van der Waals surface area contributed by atoms with E-state index in [4.69, 9.17) is 4.74 Å². The summed E-state index contributed by atoms with van der Waals surface area (Å²) >= 11 is 0. The summed E-state index contributed by atoms with van der Waals surface area (Å²) in [6.45, 7) is 9.50. The van der Waals surface area contributed by atoms with Crippen molar-refractivity contribution in [1.82, 2.24) is 9.97 Å². The first-order valence-corrected chi connectivity index (χ1v) is 7.26. The van der Waals surface area contributed by atoms with Gasteiger partial charge in [-0.25, -0.2) is 9.97 Å². The third-order valence-corrected chi connectivity index (χ3v) is 2.97. The van der Waals surface area contributed by atoms with Crippen LogP contribution in [0.2, 0.25) is 0 Å². The molecule has 0 aliphatic heterocycles. The molecular formula is C15H27N3O. The van der Waals surface area contributed by atoms with E-state index in [1.807, 2.05) is 0 Å². The van der Waals surface area contributed by atoms with Gasteiger partial charge >= 0.3 is 0 Å². The molecule has 0 bridgehead atoms. The molecule has 1 heterocycles. The van der Waals surface area contributed by atoms with Gasteiger partial charge in [-0.1, -0.05) is 34.1 Å². The molecule has 0 radical (unpaired) electrons. The molecule has 0 aromatic carbocycles. The number of hydrogen-bond acceptors (Lipinski definition) is 4. The molecule has 4 nitrogen and oxygen atoms in total. The van der Waals surface area contributed by atoms with Crippen LogP contribution in [0.15, 0.2) is 6.07 Å². The highest BCUT2D eigenvalue weighted by Crippen LogP contribution is 2.23. The Kier molecular flexibility index (Phi) is 6.78. The van der Waals surface area contributed by atoms with Crippen LogP contribution < -0.4 is 5.32 Å². The van der Waals surface area contributed by atoms with E-state index in [1.54, 1.807) is 7.11 Å². The number of methoxy groups -OCH3 is 1. The van der Waals surface area contributed by atoms with Crippen LogP contribution in [0.25, 0.3) is 0 Å². The molecular weight excluding hydrogens is 238 g/mol. The average Bonchev–Trinajstić information content (AvgIpc) is 2.37. The van der Waals surface area contributed by atoms with Crippen molar-refractivity contribution in [2.75, 3.05) is 19.0 Å². The van der Waals surface area contributed by atoms with Gasteiger partial charge in [0.25, 0.3) is 0 Å². The number of aromatic nitrogens is 2. The van der Waals surface area contributed by atoms with Crippen molar-refractivity contribution in [1.29, 1.82) is 0 Å². The van der Waals surface area contributed by atoms with Gasteiger partial charge in [0.1, 0.15) is 11.9 Å². The predicted octanol–water partition coefficient (Wildman–Crippen LogP) is 3.59. The Morgan fingerprint density at radius 2 is 1.95 bits per heavy atom. The van der Waals surface area contributed by atoms with E-state index < -0.39 is 0 Å². The predicted molar refractivity (Wildman–Crippen MR) is 79.4 cm³/mol. The molecule has 1 aromatic heterocycles. The quantitative estimate of drug-likeness (QED) is 0.780. The second kappa shape index (κ2) is 8.10. The molecule has 1 atom stereocenters. The fourth-order valence-corrected chi connectivity index (χ4v) is 2.05. The van der Waals surface area contributed by atoms with Crippen LogP contribution in [0.1, 0.15) is 58.2 Å². The molecule has 0 spiro atoms. The smallest absolute Gasteiger partial charge is 0.159 e. The lowest BCUT2D eigenvalue weighted by Gasteiger charge is -2.19. The highest BCUT2D eigenvalue weighted by molar-refractivity contribution is 5.36. The maximum atomic E-state index is 5.54. The first kappa shape index (κ1) is 15.9. The van der Waals surface area contributed by atoms with Crippen molar-refractivity contribution in [2.24, 2.45) is 5.92 Å². The Bertz CT molecular complexity index is 380. The minimum Gasteiger partial charge on any atom is -0.373 e. The van der Waals surface area contributed by atoms with Crippen LogP contribution in [0.4, 0.5) is 5.82 Å². The van der Waals surface area contributed by atoms with Crippen molar-refractivity contribution < 1.29 is 4.74 Å². The molecule has 0 saturated heterocycles. The van der Waals surface area contributed by atoms with Crippen molar-refractivity contribution in [2.45, 2.75) is 53.1 Å². The third-order valence-electron chi connectivity index (χ3n) is 2.97. The third kappa shape index (κ3) is 4.78. The average molecular weight is 265 g/mol. The Morgan fingerprint density at radius 3 is 2.47 bits per heavy atom. The molecule has 108 valence electrons. The van der Waals surface area contributed by atoms with E-state index in [9.17, 15) is 0 Å². The number of anilines is 1. The van der Waals surface area contributed by atoms with Gasteiger partial charge in [-0.2, -0.15) is 0 Å². The number of rotatable bonds is 8. The van der Waals surface area contributed by atoms with Gasteiger partial charge in [-0.05, 0) is 18.8 Å². The summed E-state index contributed by atoms with van der Waals surface area (Å²) in [5.74, 6) is 2.07. The molecule has 0 aliphatic carbocycles. The second-order valence-corrected chi connectivity index (χ2v) is 5.18. The molecule has 1 aromatic rings.